The van der Waals surface area contributed by atoms with Gasteiger partial charge < -0.3 is 0 Å². The number of hydrogen-bond acceptors (Lipinski definition) is 0. The highest BCUT2D eigenvalue weighted by Gasteiger charge is 2.01. The molecule has 0 aliphatic heterocycles. The van der Waals surface area contributed by atoms with Crippen molar-refractivity contribution < 1.29 is 0 Å². The number of benzene rings is 3. The molecule has 0 aromatic heterocycles. The zero-order valence-corrected chi connectivity index (χ0v) is 42.2. The van der Waals surface area contributed by atoms with Crippen LogP contribution in [0.4, 0.5) is 0 Å². The molecule has 0 saturated carbocycles. The van der Waals surface area contributed by atoms with Crippen LogP contribution in [0.15, 0.2) is 117 Å². The molecule has 59 heavy (non-hydrogen) atoms. The fourth-order valence-electron chi connectivity index (χ4n) is 4.64. The molecule has 0 fully saturated rings. The monoisotopic (exact) mass is 809 g/mol. The second-order valence-corrected chi connectivity index (χ2v) is 16.1. The molecule has 0 heterocycles. The molecule has 0 saturated heterocycles. The van der Waals surface area contributed by atoms with Gasteiger partial charge in [0.25, 0.3) is 0 Å². The summed E-state index contributed by atoms with van der Waals surface area (Å²) in [5.74, 6) is 1.30. The van der Waals surface area contributed by atoms with Crippen molar-refractivity contribution in [1.82, 2.24) is 0 Å². The third kappa shape index (κ3) is 54.4. The predicted molar refractivity (Wildman–Crippen MR) is 281 cm³/mol. The summed E-state index contributed by atoms with van der Waals surface area (Å²) < 4.78 is 0. The fraction of sp³-hybridized carbons (Fsp3) is 0.525. The van der Waals surface area contributed by atoms with E-state index >= 15 is 0 Å². The molecule has 0 atom stereocenters. The minimum atomic E-state index is 0.648. The van der Waals surface area contributed by atoms with Crippen LogP contribution in [0.5, 0.6) is 0 Å². The third-order valence-corrected chi connectivity index (χ3v) is 8.87. The Morgan fingerprint density at radius 2 is 0.746 bits per heavy atom. The van der Waals surface area contributed by atoms with E-state index in [2.05, 4.69) is 197 Å². The van der Waals surface area contributed by atoms with E-state index in [9.17, 15) is 0 Å². The molecule has 0 amide bonds. The van der Waals surface area contributed by atoms with Crippen molar-refractivity contribution in [3.8, 4) is 0 Å². The summed E-state index contributed by atoms with van der Waals surface area (Å²) in [7, 11) is 0. The van der Waals surface area contributed by atoms with E-state index in [1.165, 1.54) is 129 Å². The molecule has 3 aromatic carbocycles. The minimum absolute atomic E-state index is 0.648. The van der Waals surface area contributed by atoms with Gasteiger partial charge in [0.1, 0.15) is 0 Å². The van der Waals surface area contributed by atoms with Gasteiger partial charge in [-0.25, -0.2) is 0 Å². The number of allylic oxidation sites excluding steroid dienone is 3. The van der Waals surface area contributed by atoms with E-state index in [0.717, 1.165) is 5.57 Å². The van der Waals surface area contributed by atoms with Gasteiger partial charge in [-0.1, -0.05) is 299 Å². The first-order chi connectivity index (χ1) is 28.0. The lowest BCUT2D eigenvalue weighted by molar-refractivity contribution is 0.656. The van der Waals surface area contributed by atoms with Gasteiger partial charge in [0.05, 0.1) is 0 Å². The van der Waals surface area contributed by atoms with Crippen molar-refractivity contribution in [3.05, 3.63) is 156 Å². The summed E-state index contributed by atoms with van der Waals surface area (Å²) in [6, 6.07) is 23.2. The molecule has 0 nitrogen and oxygen atoms in total. The van der Waals surface area contributed by atoms with Crippen molar-refractivity contribution in [2.75, 3.05) is 0 Å². The standard InChI is InChI=1S/C11H16.2C9H10.2C7H16.C6H14.C5H10.C5H8/c1-8(2)11-7-9(3)5-6-10(11)4;2*1-3-9-6-4-8(2)5-7-9;2*1-3-5-7-6-4-2;1-3-5-6-4-2;2*1-4-5(2)3/h5-8H,1-4H3;2*3-7H,1H2,2H3;2*3-7H2,1-2H3;3-6H2,1-2H3;4-5H,1H2,2-3H3;4H,1-2H2,3H3. The van der Waals surface area contributed by atoms with Gasteiger partial charge in [0.15, 0.2) is 0 Å². The first-order valence-electron chi connectivity index (χ1n) is 23.4. The highest BCUT2D eigenvalue weighted by atomic mass is 14.1. The van der Waals surface area contributed by atoms with Gasteiger partial charge in [-0.05, 0) is 68.7 Å². The molecule has 0 spiro atoms. The maximum atomic E-state index is 3.66. The van der Waals surface area contributed by atoms with Gasteiger partial charge in [-0.2, -0.15) is 0 Å². The van der Waals surface area contributed by atoms with Crippen molar-refractivity contribution in [2.45, 2.75) is 200 Å². The zero-order chi connectivity index (χ0) is 46.3. The SMILES string of the molecule is C=CC(=C)C.C=CC(C)C.C=Cc1ccc(C)cc1.C=Cc1ccc(C)cc1.CCCCCC.CCCCCCC.CCCCCCC.Cc1ccc(C)c(C(C)C)c1. The van der Waals surface area contributed by atoms with Crippen LogP contribution < -0.4 is 0 Å². The average molecular weight is 809 g/mol. The number of unbranched alkanes of at least 4 members (excludes halogenated alkanes) is 11. The van der Waals surface area contributed by atoms with Crippen LogP contribution in [0.3, 0.4) is 0 Å². The number of hydrogen-bond donors (Lipinski definition) is 0. The van der Waals surface area contributed by atoms with E-state index in [1.54, 1.807) is 6.08 Å². The topological polar surface area (TPSA) is 0 Å². The van der Waals surface area contributed by atoms with E-state index in [-0.39, 0.29) is 0 Å². The largest absolute Gasteiger partial charge is 0.103 e. The van der Waals surface area contributed by atoms with Gasteiger partial charge in [-0.15, -0.1) is 6.58 Å². The Bertz CT molecular complexity index is 1260. The molecule has 0 aliphatic rings. The second kappa shape index (κ2) is 50.5. The summed E-state index contributed by atoms with van der Waals surface area (Å²) in [5, 5.41) is 0. The Morgan fingerprint density at radius 1 is 0.475 bits per heavy atom. The summed E-state index contributed by atoms with van der Waals surface area (Å²) in [6.45, 7) is 50.4. The molecule has 0 bridgehead atoms. The third-order valence-electron chi connectivity index (χ3n) is 8.87. The van der Waals surface area contributed by atoms with E-state index in [0.29, 0.717) is 11.8 Å². The van der Waals surface area contributed by atoms with Crippen LogP contribution in [-0.4, -0.2) is 0 Å². The maximum Gasteiger partial charge on any atom is -0.0216 e. The Labute approximate surface area is 372 Å². The number of aryl methyl sites for hydroxylation is 4. The summed E-state index contributed by atoms with van der Waals surface area (Å²) >= 11 is 0. The molecular formula is C59H100. The maximum absolute atomic E-state index is 3.66. The molecule has 0 radical (unpaired) electrons. The van der Waals surface area contributed by atoms with E-state index < -0.39 is 0 Å². The summed E-state index contributed by atoms with van der Waals surface area (Å²) in [4.78, 5) is 0. The molecule has 0 N–H and O–H groups in total. The zero-order valence-electron chi connectivity index (χ0n) is 42.2. The van der Waals surface area contributed by atoms with E-state index in [1.807, 2.05) is 25.2 Å². The fourth-order valence-corrected chi connectivity index (χ4v) is 4.64. The molecule has 3 rings (SSSR count). The first-order valence-corrected chi connectivity index (χ1v) is 23.4. The normalized spacial score (nSPS) is 9.17. The van der Waals surface area contributed by atoms with Crippen molar-refractivity contribution in [3.63, 3.8) is 0 Å². The molecule has 0 unspecified atom stereocenters. The molecular weight excluding hydrogens is 709 g/mol. The summed E-state index contributed by atoms with van der Waals surface area (Å²) in [6.07, 6.45) is 26.9. The Hall–Kier alpha value is -3.64. The van der Waals surface area contributed by atoms with Crippen molar-refractivity contribution >= 4 is 12.2 Å². The van der Waals surface area contributed by atoms with Gasteiger partial charge in [-0.3, -0.25) is 0 Å². The lowest BCUT2D eigenvalue weighted by atomic mass is 9.96. The van der Waals surface area contributed by atoms with Crippen LogP contribution in [0.2, 0.25) is 0 Å². The number of rotatable bonds is 16. The lowest BCUT2D eigenvalue weighted by Gasteiger charge is -2.09. The van der Waals surface area contributed by atoms with Crippen LogP contribution in [0, 0.1) is 33.6 Å². The Morgan fingerprint density at radius 3 is 0.949 bits per heavy atom. The Balaban J connectivity index is -0.000000191. The molecule has 0 aliphatic carbocycles. The van der Waals surface area contributed by atoms with Gasteiger partial charge >= 0.3 is 0 Å². The van der Waals surface area contributed by atoms with Gasteiger partial charge in [0.2, 0.25) is 0 Å². The van der Waals surface area contributed by atoms with Crippen LogP contribution in [0.1, 0.15) is 211 Å². The van der Waals surface area contributed by atoms with E-state index in [4.69, 9.17) is 0 Å². The summed E-state index contributed by atoms with van der Waals surface area (Å²) in [5.41, 5.74) is 10.2. The van der Waals surface area contributed by atoms with Gasteiger partial charge in [0, 0.05) is 0 Å². The Kier molecular flexibility index (Phi) is 55.2. The molecule has 336 valence electrons. The average Bonchev–Trinajstić information content (AvgIpc) is 3.23. The molecule has 3 aromatic rings. The quantitative estimate of drug-likeness (QED) is 0.0768. The van der Waals surface area contributed by atoms with Crippen LogP contribution in [0.25, 0.3) is 12.2 Å². The first kappa shape index (κ1) is 64.5. The predicted octanol–water partition coefficient (Wildman–Crippen LogP) is 20.8. The van der Waals surface area contributed by atoms with Crippen LogP contribution >= 0.6 is 0 Å². The minimum Gasteiger partial charge on any atom is -0.103 e. The van der Waals surface area contributed by atoms with Crippen molar-refractivity contribution in [2.24, 2.45) is 5.92 Å². The molecule has 0 heteroatoms. The smallest absolute Gasteiger partial charge is 0.0216 e. The highest BCUT2D eigenvalue weighted by Crippen LogP contribution is 2.19. The highest BCUT2D eigenvalue weighted by molar-refractivity contribution is 5.47. The second-order valence-electron chi connectivity index (χ2n) is 16.1. The van der Waals surface area contributed by atoms with Crippen LogP contribution in [-0.2, 0) is 0 Å². The lowest BCUT2D eigenvalue weighted by Crippen LogP contribution is -1.91. The van der Waals surface area contributed by atoms with Crippen molar-refractivity contribution in [1.29, 1.82) is 0 Å².